The van der Waals surface area contributed by atoms with Crippen LogP contribution in [0.4, 0.5) is 5.13 Å². The maximum absolute atomic E-state index is 13.6. The third-order valence-corrected chi connectivity index (χ3v) is 9.30. The molecule has 0 aliphatic carbocycles. The number of aliphatic hydroxyl groups excluding tert-OH is 1. The molecule has 1 N–H and O–H groups in total. The van der Waals surface area contributed by atoms with Crippen LogP contribution in [0.2, 0.25) is 10.0 Å². The van der Waals surface area contributed by atoms with E-state index in [9.17, 15) is 14.7 Å². The molecule has 7 nitrogen and oxygen atoms in total. The van der Waals surface area contributed by atoms with Crippen LogP contribution in [0.15, 0.2) is 94.5 Å². The Hall–Kier alpha value is -3.63. The summed E-state index contributed by atoms with van der Waals surface area (Å²) in [5.41, 5.74) is 2.24. The van der Waals surface area contributed by atoms with Crippen molar-refractivity contribution in [1.82, 2.24) is 10.2 Å². The summed E-state index contributed by atoms with van der Waals surface area (Å²) in [4.78, 5) is 28.5. The lowest BCUT2D eigenvalue weighted by atomic mass is 9.95. The number of hydrogen-bond acceptors (Lipinski definition) is 8. The van der Waals surface area contributed by atoms with Gasteiger partial charge < -0.3 is 9.84 Å². The highest BCUT2D eigenvalue weighted by Crippen LogP contribution is 2.44. The molecule has 4 aromatic rings. The fourth-order valence-electron chi connectivity index (χ4n) is 4.44. The van der Waals surface area contributed by atoms with Crippen molar-refractivity contribution in [1.29, 1.82) is 0 Å². The van der Waals surface area contributed by atoms with E-state index in [1.54, 1.807) is 36.4 Å². The van der Waals surface area contributed by atoms with Crippen LogP contribution in [0, 0.1) is 0 Å². The van der Waals surface area contributed by atoms with Crippen LogP contribution < -0.4 is 9.64 Å². The normalized spacial score (nSPS) is 15.1. The van der Waals surface area contributed by atoms with Crippen molar-refractivity contribution in [3.8, 4) is 5.75 Å². The number of allylic oxidation sites excluding steroid dienone is 1. The number of carbonyl (C=O) groups is 2. The zero-order valence-corrected chi connectivity index (χ0v) is 26.2. The molecule has 0 bridgehead atoms. The summed E-state index contributed by atoms with van der Waals surface area (Å²) in [5.74, 6) is -0.730. The van der Waals surface area contributed by atoms with E-state index in [-0.39, 0.29) is 10.7 Å². The first kappa shape index (κ1) is 30.8. The predicted octanol–water partition coefficient (Wildman–Crippen LogP) is 8.50. The van der Waals surface area contributed by atoms with Crippen LogP contribution in [0.1, 0.15) is 42.5 Å². The maximum atomic E-state index is 13.6. The number of nitrogens with zero attached hydrogens (tertiary/aromatic N) is 3. The molecule has 1 aliphatic rings. The standard InChI is InChI=1S/C32H27Cl2N3O4S2/c1-2-3-16-41-24-11-7-10-21(17-24)28-27(26(38)15-12-20-8-5-4-6-9-20)29(39)30(40)37(28)31-35-36-32(43-31)42-19-22-13-14-23(33)18-25(22)34/h4-15,17-18,28,39H,2-3,16,19H2,1H3/b15-12+. The quantitative estimate of drug-likeness (QED) is 0.0710. The number of ether oxygens (including phenoxy) is 1. The van der Waals surface area contributed by atoms with Crippen LogP contribution in [0.25, 0.3) is 6.08 Å². The molecule has 0 saturated heterocycles. The molecule has 0 saturated carbocycles. The first-order chi connectivity index (χ1) is 20.9. The fourth-order valence-corrected chi connectivity index (χ4v) is 6.87. The summed E-state index contributed by atoms with van der Waals surface area (Å²) < 4.78 is 6.50. The molecule has 220 valence electrons. The van der Waals surface area contributed by atoms with Gasteiger partial charge in [0, 0.05) is 15.8 Å². The minimum absolute atomic E-state index is 0.0414. The van der Waals surface area contributed by atoms with Crippen LogP contribution in [-0.2, 0) is 15.3 Å². The van der Waals surface area contributed by atoms with Gasteiger partial charge in [0.05, 0.1) is 18.2 Å². The molecular formula is C32H27Cl2N3O4S2. The third kappa shape index (κ3) is 7.30. The second kappa shape index (κ2) is 14.2. The second-order valence-corrected chi connectivity index (χ2v) is 12.6. The van der Waals surface area contributed by atoms with Crippen molar-refractivity contribution < 1.29 is 19.4 Å². The molecule has 3 aromatic carbocycles. The van der Waals surface area contributed by atoms with E-state index >= 15 is 0 Å². The van der Waals surface area contributed by atoms with Crippen molar-refractivity contribution in [2.24, 2.45) is 0 Å². The number of hydrogen-bond donors (Lipinski definition) is 1. The zero-order valence-electron chi connectivity index (χ0n) is 23.1. The molecule has 1 unspecified atom stereocenters. The van der Waals surface area contributed by atoms with Gasteiger partial charge in [-0.15, -0.1) is 10.2 Å². The van der Waals surface area contributed by atoms with E-state index in [1.807, 2.05) is 42.5 Å². The largest absolute Gasteiger partial charge is 0.503 e. The number of anilines is 1. The van der Waals surface area contributed by atoms with Crippen LogP contribution in [0.3, 0.4) is 0 Å². The van der Waals surface area contributed by atoms with Gasteiger partial charge in [0.1, 0.15) is 5.75 Å². The number of carbonyl (C=O) groups excluding carboxylic acids is 2. The van der Waals surface area contributed by atoms with Gasteiger partial charge in [-0.25, -0.2) is 0 Å². The number of aliphatic hydroxyl groups is 1. The van der Waals surface area contributed by atoms with Gasteiger partial charge in [0.2, 0.25) is 5.13 Å². The summed E-state index contributed by atoms with van der Waals surface area (Å²) in [5, 5.41) is 21.0. The number of ketones is 1. The van der Waals surface area contributed by atoms with Crippen LogP contribution >= 0.6 is 46.3 Å². The lowest BCUT2D eigenvalue weighted by Gasteiger charge is -2.24. The Bertz CT molecular complexity index is 1690. The number of amides is 1. The molecule has 0 fully saturated rings. The van der Waals surface area contributed by atoms with Gasteiger partial charge in [-0.1, -0.05) is 114 Å². The molecule has 1 aliphatic heterocycles. The average Bonchev–Trinajstić information content (AvgIpc) is 3.58. The Labute approximate surface area is 267 Å². The topological polar surface area (TPSA) is 92.6 Å². The van der Waals surface area contributed by atoms with Gasteiger partial charge in [-0.05, 0) is 53.5 Å². The van der Waals surface area contributed by atoms with E-state index in [0.29, 0.717) is 38.1 Å². The van der Waals surface area contributed by atoms with Gasteiger partial charge in [0.25, 0.3) is 5.91 Å². The van der Waals surface area contributed by atoms with Crippen molar-refractivity contribution in [2.75, 3.05) is 11.5 Å². The SMILES string of the molecule is CCCCOc1cccc(C2C(C(=O)/C=C/c3ccccc3)=C(O)C(=O)N2c2nnc(SCc3ccc(Cl)cc3Cl)s2)c1. The minimum atomic E-state index is -0.938. The Morgan fingerprint density at radius 1 is 1.09 bits per heavy atom. The van der Waals surface area contributed by atoms with Gasteiger partial charge in [0.15, 0.2) is 15.9 Å². The second-order valence-electron chi connectivity index (χ2n) is 9.60. The summed E-state index contributed by atoms with van der Waals surface area (Å²) in [6.07, 6.45) is 4.89. The van der Waals surface area contributed by atoms with E-state index in [2.05, 4.69) is 17.1 Å². The summed E-state index contributed by atoms with van der Waals surface area (Å²) in [6, 6.07) is 20.9. The molecule has 1 amide bonds. The van der Waals surface area contributed by atoms with Crippen LogP contribution in [0.5, 0.6) is 5.75 Å². The molecular weight excluding hydrogens is 625 g/mol. The third-order valence-electron chi connectivity index (χ3n) is 6.61. The number of halogens is 2. The highest BCUT2D eigenvalue weighted by Gasteiger charge is 2.45. The molecule has 1 atom stereocenters. The van der Waals surface area contributed by atoms with Crippen molar-refractivity contribution >= 4 is 69.2 Å². The van der Waals surface area contributed by atoms with E-state index in [4.69, 9.17) is 27.9 Å². The van der Waals surface area contributed by atoms with E-state index in [1.165, 1.54) is 34.1 Å². The Balaban J connectivity index is 1.46. The first-order valence-corrected chi connectivity index (χ1v) is 16.1. The number of aromatic nitrogens is 2. The van der Waals surface area contributed by atoms with Crippen LogP contribution in [-0.4, -0.2) is 33.6 Å². The maximum Gasteiger partial charge on any atom is 0.296 e. The van der Waals surface area contributed by atoms with Crippen molar-refractivity contribution in [3.63, 3.8) is 0 Å². The molecule has 2 heterocycles. The molecule has 43 heavy (non-hydrogen) atoms. The molecule has 1 aromatic heterocycles. The number of benzene rings is 3. The summed E-state index contributed by atoms with van der Waals surface area (Å²) in [7, 11) is 0. The summed E-state index contributed by atoms with van der Waals surface area (Å²) in [6.45, 7) is 2.61. The fraction of sp³-hybridized carbons (Fsp3) is 0.188. The predicted molar refractivity (Wildman–Crippen MR) is 173 cm³/mol. The monoisotopic (exact) mass is 651 g/mol. The number of thioether (sulfide) groups is 1. The minimum Gasteiger partial charge on any atom is -0.503 e. The van der Waals surface area contributed by atoms with E-state index in [0.717, 1.165) is 24.0 Å². The van der Waals surface area contributed by atoms with Crippen molar-refractivity contribution in [2.45, 2.75) is 35.9 Å². The molecule has 0 radical (unpaired) electrons. The first-order valence-electron chi connectivity index (χ1n) is 13.5. The molecule has 0 spiro atoms. The highest BCUT2D eigenvalue weighted by molar-refractivity contribution is 8.00. The Morgan fingerprint density at radius 2 is 1.91 bits per heavy atom. The zero-order chi connectivity index (χ0) is 30.3. The Morgan fingerprint density at radius 3 is 2.67 bits per heavy atom. The number of rotatable bonds is 12. The smallest absolute Gasteiger partial charge is 0.296 e. The lowest BCUT2D eigenvalue weighted by Crippen LogP contribution is -2.30. The molecule has 11 heteroatoms. The van der Waals surface area contributed by atoms with Gasteiger partial charge in [-0.3, -0.25) is 14.5 Å². The van der Waals surface area contributed by atoms with Gasteiger partial charge >= 0.3 is 0 Å². The van der Waals surface area contributed by atoms with E-state index < -0.39 is 23.5 Å². The molecule has 5 rings (SSSR count). The average molecular weight is 653 g/mol. The lowest BCUT2D eigenvalue weighted by molar-refractivity contribution is -0.117. The highest BCUT2D eigenvalue weighted by atomic mass is 35.5. The number of unbranched alkanes of at least 4 members (excludes halogenated alkanes) is 1. The van der Waals surface area contributed by atoms with Crippen molar-refractivity contribution in [3.05, 3.63) is 117 Å². The van der Waals surface area contributed by atoms with Gasteiger partial charge in [-0.2, -0.15) is 0 Å². The Kier molecular flexibility index (Phi) is 10.2. The summed E-state index contributed by atoms with van der Waals surface area (Å²) >= 11 is 14.9.